The summed E-state index contributed by atoms with van der Waals surface area (Å²) in [6.45, 7) is 0.159. The Morgan fingerprint density at radius 3 is 2.87 bits per heavy atom. The fourth-order valence-electron chi connectivity index (χ4n) is 1.38. The van der Waals surface area contributed by atoms with Crippen molar-refractivity contribution in [3.63, 3.8) is 0 Å². The fraction of sp³-hybridized carbons (Fsp3) is 0.100. The number of amidine groups is 1. The normalized spacial score (nSPS) is 19.3. The number of hydrogen-bond acceptors (Lipinski definition) is 3. The third kappa shape index (κ3) is 1.60. The van der Waals surface area contributed by atoms with E-state index in [0.717, 1.165) is 0 Å². The van der Waals surface area contributed by atoms with Crippen LogP contribution >= 0.6 is 0 Å². The van der Waals surface area contributed by atoms with E-state index in [0.29, 0.717) is 11.4 Å². The van der Waals surface area contributed by atoms with Crippen LogP contribution < -0.4 is 4.72 Å². The zero-order chi connectivity index (χ0) is 10.9. The van der Waals surface area contributed by atoms with Crippen LogP contribution in [0.25, 0.3) is 0 Å². The molecule has 0 unspecified atom stereocenters. The molecule has 15 heavy (non-hydrogen) atoms. The second kappa shape index (κ2) is 3.41. The average Bonchev–Trinajstić information content (AvgIpc) is 2.49. The smallest absolute Gasteiger partial charge is 0.263 e. The molecule has 1 aliphatic rings. The van der Waals surface area contributed by atoms with Gasteiger partial charge in [-0.05, 0) is 12.1 Å². The molecule has 0 saturated carbocycles. The van der Waals surface area contributed by atoms with Crippen LogP contribution in [-0.4, -0.2) is 20.8 Å². The van der Waals surface area contributed by atoms with Gasteiger partial charge in [0.15, 0.2) is 0 Å². The SMILES string of the molecule is C#CCN=C1NS(=O)(=O)c2ccccc21. The third-order valence-corrected chi connectivity index (χ3v) is 3.39. The predicted octanol–water partition coefficient (Wildman–Crippen LogP) is 0.358. The number of nitrogens with one attached hydrogen (secondary N) is 1. The van der Waals surface area contributed by atoms with Crippen LogP contribution in [0, 0.1) is 12.3 Å². The molecule has 5 heteroatoms. The highest BCUT2D eigenvalue weighted by Gasteiger charge is 2.29. The first-order chi connectivity index (χ1) is 7.15. The second-order valence-corrected chi connectivity index (χ2v) is 4.62. The van der Waals surface area contributed by atoms with Gasteiger partial charge in [0.25, 0.3) is 10.0 Å². The highest BCUT2D eigenvalue weighted by atomic mass is 32.2. The zero-order valence-electron chi connectivity index (χ0n) is 7.77. The van der Waals surface area contributed by atoms with Crippen molar-refractivity contribution < 1.29 is 8.42 Å². The van der Waals surface area contributed by atoms with Gasteiger partial charge >= 0.3 is 0 Å². The number of sulfonamides is 1. The summed E-state index contributed by atoms with van der Waals surface area (Å²) in [6, 6.07) is 6.66. The van der Waals surface area contributed by atoms with Crippen molar-refractivity contribution in [1.29, 1.82) is 0 Å². The second-order valence-electron chi connectivity index (χ2n) is 2.97. The monoisotopic (exact) mass is 220 g/mol. The number of aliphatic imine (C=N–C) groups is 1. The molecule has 0 spiro atoms. The summed E-state index contributed by atoms with van der Waals surface area (Å²) in [5, 5.41) is 0. The Morgan fingerprint density at radius 2 is 2.13 bits per heavy atom. The third-order valence-electron chi connectivity index (χ3n) is 1.99. The van der Waals surface area contributed by atoms with E-state index in [9.17, 15) is 8.42 Å². The molecule has 0 aromatic heterocycles. The maximum atomic E-state index is 11.6. The minimum atomic E-state index is -3.43. The Bertz CT molecular complexity index is 567. The first-order valence-corrected chi connectivity index (χ1v) is 5.73. The van der Waals surface area contributed by atoms with Crippen molar-refractivity contribution >= 4 is 15.9 Å². The van der Waals surface area contributed by atoms with E-state index in [1.54, 1.807) is 18.2 Å². The Labute approximate surface area is 88.1 Å². The molecular weight excluding hydrogens is 212 g/mol. The number of rotatable bonds is 1. The van der Waals surface area contributed by atoms with Crippen molar-refractivity contribution in [2.24, 2.45) is 4.99 Å². The topological polar surface area (TPSA) is 58.5 Å². The molecule has 2 rings (SSSR count). The Balaban J connectivity index is 2.58. The van der Waals surface area contributed by atoms with Gasteiger partial charge in [0.2, 0.25) is 0 Å². The molecule has 1 aromatic carbocycles. The molecule has 0 radical (unpaired) electrons. The summed E-state index contributed by atoms with van der Waals surface area (Å²) in [4.78, 5) is 4.22. The molecule has 0 fully saturated rings. The lowest BCUT2D eigenvalue weighted by Gasteiger charge is -1.94. The summed E-state index contributed by atoms with van der Waals surface area (Å²) in [5.74, 6) is 2.65. The summed E-state index contributed by atoms with van der Waals surface area (Å²) in [7, 11) is -3.43. The highest BCUT2D eigenvalue weighted by Crippen LogP contribution is 2.21. The fourth-order valence-corrected chi connectivity index (χ4v) is 2.63. The van der Waals surface area contributed by atoms with Crippen LogP contribution in [-0.2, 0) is 10.0 Å². The molecule has 0 amide bonds. The molecule has 0 atom stereocenters. The van der Waals surface area contributed by atoms with Gasteiger partial charge in [-0.25, -0.2) is 8.42 Å². The molecular formula is C10H8N2O2S. The van der Waals surface area contributed by atoms with Gasteiger partial charge in [-0.3, -0.25) is 9.71 Å². The van der Waals surface area contributed by atoms with Gasteiger partial charge in [-0.1, -0.05) is 18.1 Å². The van der Waals surface area contributed by atoms with Crippen molar-refractivity contribution in [3.8, 4) is 12.3 Å². The van der Waals surface area contributed by atoms with Crippen molar-refractivity contribution in [2.75, 3.05) is 6.54 Å². The number of terminal acetylenes is 1. The zero-order valence-corrected chi connectivity index (χ0v) is 8.58. The summed E-state index contributed by atoms with van der Waals surface area (Å²) in [6.07, 6.45) is 5.06. The summed E-state index contributed by atoms with van der Waals surface area (Å²) >= 11 is 0. The van der Waals surface area contributed by atoms with Crippen LogP contribution in [0.3, 0.4) is 0 Å². The van der Waals surface area contributed by atoms with E-state index in [1.807, 2.05) is 0 Å². The minimum absolute atomic E-state index is 0.159. The van der Waals surface area contributed by atoms with E-state index in [-0.39, 0.29) is 11.4 Å². The van der Waals surface area contributed by atoms with E-state index in [1.165, 1.54) is 6.07 Å². The standard InChI is InChI=1S/C10H8N2O2S/c1-2-7-11-10-8-5-3-4-6-9(8)15(13,14)12-10/h1,3-6H,7H2,(H,11,12). The van der Waals surface area contributed by atoms with Gasteiger partial charge in [-0.15, -0.1) is 6.42 Å². The van der Waals surface area contributed by atoms with Gasteiger partial charge in [0.1, 0.15) is 12.4 Å². The predicted molar refractivity (Wildman–Crippen MR) is 57.0 cm³/mol. The van der Waals surface area contributed by atoms with Gasteiger partial charge < -0.3 is 0 Å². The lowest BCUT2D eigenvalue weighted by atomic mass is 10.2. The maximum Gasteiger partial charge on any atom is 0.263 e. The average molecular weight is 220 g/mol. The van der Waals surface area contributed by atoms with Crippen molar-refractivity contribution in [2.45, 2.75) is 4.90 Å². The van der Waals surface area contributed by atoms with E-state index in [2.05, 4.69) is 15.6 Å². The van der Waals surface area contributed by atoms with E-state index in [4.69, 9.17) is 6.42 Å². The van der Waals surface area contributed by atoms with Crippen molar-refractivity contribution in [3.05, 3.63) is 29.8 Å². The van der Waals surface area contributed by atoms with Crippen LogP contribution in [0.2, 0.25) is 0 Å². The van der Waals surface area contributed by atoms with Gasteiger partial charge in [0, 0.05) is 5.56 Å². The van der Waals surface area contributed by atoms with E-state index >= 15 is 0 Å². The molecule has 0 saturated heterocycles. The van der Waals surface area contributed by atoms with Crippen molar-refractivity contribution in [1.82, 2.24) is 4.72 Å². The van der Waals surface area contributed by atoms with Gasteiger partial charge in [-0.2, -0.15) is 0 Å². The molecule has 1 N–H and O–H groups in total. The lowest BCUT2D eigenvalue weighted by Crippen LogP contribution is -2.22. The quantitative estimate of drug-likeness (QED) is 0.695. The molecule has 76 valence electrons. The number of fused-ring (bicyclic) bond motifs is 1. The maximum absolute atomic E-state index is 11.6. The van der Waals surface area contributed by atoms with Crippen LogP contribution in [0.1, 0.15) is 5.56 Å². The molecule has 1 heterocycles. The molecule has 4 nitrogen and oxygen atoms in total. The first-order valence-electron chi connectivity index (χ1n) is 4.25. The molecule has 0 aliphatic carbocycles. The van der Waals surface area contributed by atoms with Gasteiger partial charge in [0.05, 0.1) is 4.90 Å². The van der Waals surface area contributed by atoms with Crippen LogP contribution in [0.15, 0.2) is 34.2 Å². The highest BCUT2D eigenvalue weighted by molar-refractivity contribution is 7.90. The lowest BCUT2D eigenvalue weighted by molar-refractivity contribution is 0.595. The van der Waals surface area contributed by atoms with E-state index < -0.39 is 10.0 Å². The number of hydrogen-bond donors (Lipinski definition) is 1. The largest absolute Gasteiger partial charge is 0.263 e. The Kier molecular flexibility index (Phi) is 2.21. The minimum Gasteiger partial charge on any atom is -0.263 e. The molecule has 1 aliphatic heterocycles. The number of benzene rings is 1. The summed E-state index contributed by atoms with van der Waals surface area (Å²) in [5.41, 5.74) is 0.577. The summed E-state index contributed by atoms with van der Waals surface area (Å²) < 4.78 is 25.5. The number of nitrogens with zero attached hydrogens (tertiary/aromatic N) is 1. The first kappa shape index (κ1) is 9.74. The Morgan fingerprint density at radius 1 is 1.40 bits per heavy atom. The molecule has 1 aromatic rings. The molecule has 0 bridgehead atoms. The van der Waals surface area contributed by atoms with Crippen LogP contribution in [0.5, 0.6) is 0 Å². The Hall–Kier alpha value is -1.80. The van der Waals surface area contributed by atoms with Crippen LogP contribution in [0.4, 0.5) is 0 Å².